The largest absolute Gasteiger partial charge is 0.545 e. The fourth-order valence-electron chi connectivity index (χ4n) is 1.52. The molecule has 5 heteroatoms. The van der Waals surface area contributed by atoms with Crippen molar-refractivity contribution in [1.82, 2.24) is 0 Å². The Kier molecular flexibility index (Phi) is 2.71. The van der Waals surface area contributed by atoms with Crippen molar-refractivity contribution in [3.05, 3.63) is 16.0 Å². The molecule has 0 radical (unpaired) electrons. The molecule has 1 aliphatic rings. The number of amides is 1. The molecule has 1 fully saturated rings. The molecule has 86 valence electrons. The zero-order valence-corrected chi connectivity index (χ0v) is 9.94. The van der Waals surface area contributed by atoms with Gasteiger partial charge in [-0.25, -0.2) is 0 Å². The molecule has 1 N–H and O–H groups in total. The summed E-state index contributed by atoms with van der Waals surface area (Å²) < 4.78 is 0. The van der Waals surface area contributed by atoms with E-state index in [2.05, 4.69) is 5.32 Å². The van der Waals surface area contributed by atoms with E-state index in [9.17, 15) is 14.7 Å². The highest BCUT2D eigenvalue weighted by molar-refractivity contribution is 7.16. The van der Waals surface area contributed by atoms with E-state index in [1.807, 2.05) is 6.92 Å². The number of carbonyl (C=O) groups is 2. The predicted molar refractivity (Wildman–Crippen MR) is 59.5 cm³/mol. The van der Waals surface area contributed by atoms with E-state index in [0.717, 1.165) is 17.7 Å². The molecule has 0 aliphatic heterocycles. The average molecular weight is 238 g/mol. The van der Waals surface area contributed by atoms with Crippen LogP contribution < -0.4 is 10.4 Å². The number of aromatic carboxylic acids is 1. The standard InChI is InChI=1S/C11H13NO3S/c1-5-6(2)16-10(8(5)11(14)15)12-9(13)7-3-4-7/h7H,3-4H2,1-2H3,(H,12,13)(H,14,15)/p-1. The lowest BCUT2D eigenvalue weighted by molar-refractivity contribution is -0.254. The maximum atomic E-state index is 11.6. The lowest BCUT2D eigenvalue weighted by Gasteiger charge is -2.07. The Hall–Kier alpha value is -1.36. The van der Waals surface area contributed by atoms with E-state index >= 15 is 0 Å². The van der Waals surface area contributed by atoms with E-state index in [-0.39, 0.29) is 17.4 Å². The topological polar surface area (TPSA) is 69.2 Å². The van der Waals surface area contributed by atoms with Gasteiger partial charge >= 0.3 is 0 Å². The molecule has 16 heavy (non-hydrogen) atoms. The molecule has 0 aromatic carbocycles. The van der Waals surface area contributed by atoms with Gasteiger partial charge in [-0.1, -0.05) is 0 Å². The quantitative estimate of drug-likeness (QED) is 0.856. The first-order chi connectivity index (χ1) is 7.50. The Morgan fingerprint density at radius 1 is 1.38 bits per heavy atom. The van der Waals surface area contributed by atoms with Crippen molar-refractivity contribution in [2.45, 2.75) is 26.7 Å². The molecule has 0 bridgehead atoms. The summed E-state index contributed by atoms with van der Waals surface area (Å²) in [6.07, 6.45) is 1.80. The molecule has 0 unspecified atom stereocenters. The number of hydrogen-bond donors (Lipinski definition) is 1. The van der Waals surface area contributed by atoms with Crippen LogP contribution in [0.15, 0.2) is 0 Å². The van der Waals surface area contributed by atoms with Crippen LogP contribution in [0, 0.1) is 19.8 Å². The Morgan fingerprint density at radius 3 is 2.50 bits per heavy atom. The number of carboxylic acid groups (broad SMARTS) is 1. The van der Waals surface area contributed by atoms with Crippen LogP contribution in [0.4, 0.5) is 5.00 Å². The Bertz CT molecular complexity index is 460. The van der Waals surface area contributed by atoms with E-state index in [4.69, 9.17) is 0 Å². The molecule has 4 nitrogen and oxygen atoms in total. The van der Waals surface area contributed by atoms with Gasteiger partial charge in [0, 0.05) is 16.4 Å². The number of carbonyl (C=O) groups excluding carboxylic acids is 2. The van der Waals surface area contributed by atoms with Crippen molar-refractivity contribution in [1.29, 1.82) is 0 Å². The SMILES string of the molecule is Cc1sc(NC(=O)C2CC2)c(C(=O)[O-])c1C. The highest BCUT2D eigenvalue weighted by atomic mass is 32.1. The smallest absolute Gasteiger partial charge is 0.228 e. The molecular weight excluding hydrogens is 226 g/mol. The molecule has 1 aliphatic carbocycles. The molecule has 0 atom stereocenters. The Labute approximate surface area is 97.3 Å². The monoisotopic (exact) mass is 238 g/mol. The molecule has 2 rings (SSSR count). The van der Waals surface area contributed by atoms with Gasteiger partial charge in [0.05, 0.1) is 5.97 Å². The van der Waals surface area contributed by atoms with Gasteiger partial charge in [-0.2, -0.15) is 0 Å². The summed E-state index contributed by atoms with van der Waals surface area (Å²) in [7, 11) is 0. The number of thiophene rings is 1. The van der Waals surface area contributed by atoms with Gasteiger partial charge in [-0.15, -0.1) is 11.3 Å². The second-order valence-electron chi connectivity index (χ2n) is 4.04. The molecule has 1 aromatic heterocycles. The maximum absolute atomic E-state index is 11.6. The van der Waals surface area contributed by atoms with Crippen LogP contribution in [0.1, 0.15) is 33.6 Å². The van der Waals surface area contributed by atoms with E-state index in [1.54, 1.807) is 6.92 Å². The zero-order chi connectivity index (χ0) is 11.9. The van der Waals surface area contributed by atoms with Gasteiger partial charge in [0.15, 0.2) is 0 Å². The van der Waals surface area contributed by atoms with Gasteiger partial charge in [-0.3, -0.25) is 4.79 Å². The summed E-state index contributed by atoms with van der Waals surface area (Å²) in [5.41, 5.74) is 0.799. The molecule has 1 aromatic rings. The third kappa shape index (κ3) is 1.95. The number of carboxylic acids is 1. The summed E-state index contributed by atoms with van der Waals surface area (Å²) in [5.74, 6) is -1.24. The Balaban J connectivity index is 2.28. The van der Waals surface area contributed by atoms with Gasteiger partial charge in [0.1, 0.15) is 5.00 Å². The predicted octanol–water partition coefficient (Wildman–Crippen LogP) is 1.08. The fraction of sp³-hybridized carbons (Fsp3) is 0.455. The first-order valence-corrected chi connectivity index (χ1v) is 5.94. The summed E-state index contributed by atoms with van der Waals surface area (Å²) in [6.45, 7) is 3.56. The first-order valence-electron chi connectivity index (χ1n) is 5.13. The van der Waals surface area contributed by atoms with E-state index < -0.39 is 5.97 Å². The molecule has 1 heterocycles. The first kappa shape index (κ1) is 11.1. The van der Waals surface area contributed by atoms with Gasteiger partial charge in [0.2, 0.25) is 5.91 Å². The third-order valence-electron chi connectivity index (χ3n) is 2.77. The van der Waals surface area contributed by atoms with Gasteiger partial charge in [0.25, 0.3) is 0 Å². The molecule has 0 spiro atoms. The minimum absolute atomic E-state index is 0.0670. The summed E-state index contributed by atoms with van der Waals surface area (Å²) in [6, 6.07) is 0. The highest BCUT2D eigenvalue weighted by Crippen LogP contribution is 2.35. The number of hydrogen-bond acceptors (Lipinski definition) is 4. The highest BCUT2D eigenvalue weighted by Gasteiger charge is 2.30. The van der Waals surface area contributed by atoms with Crippen molar-refractivity contribution in [2.75, 3.05) is 5.32 Å². The van der Waals surface area contributed by atoms with Crippen molar-refractivity contribution < 1.29 is 14.7 Å². The molecule has 0 saturated heterocycles. The third-order valence-corrected chi connectivity index (χ3v) is 3.90. The number of aryl methyl sites for hydroxylation is 1. The lowest BCUT2D eigenvalue weighted by atomic mass is 10.1. The van der Waals surface area contributed by atoms with Crippen molar-refractivity contribution in [2.24, 2.45) is 5.92 Å². The number of rotatable bonds is 3. The van der Waals surface area contributed by atoms with Crippen LogP contribution in [0.3, 0.4) is 0 Å². The van der Waals surface area contributed by atoms with Gasteiger partial charge < -0.3 is 15.2 Å². The maximum Gasteiger partial charge on any atom is 0.228 e. The Morgan fingerprint density at radius 2 is 2.00 bits per heavy atom. The van der Waals surface area contributed by atoms with Crippen LogP contribution in [0.2, 0.25) is 0 Å². The fourth-order valence-corrected chi connectivity index (χ4v) is 2.57. The minimum atomic E-state index is -1.23. The summed E-state index contributed by atoms with van der Waals surface area (Å²) in [4.78, 5) is 23.4. The summed E-state index contributed by atoms with van der Waals surface area (Å²) >= 11 is 1.29. The van der Waals surface area contributed by atoms with Crippen LogP contribution >= 0.6 is 11.3 Å². The number of anilines is 1. The van der Waals surface area contributed by atoms with Crippen LogP contribution in [-0.4, -0.2) is 11.9 Å². The van der Waals surface area contributed by atoms with Crippen molar-refractivity contribution in [3.63, 3.8) is 0 Å². The molecule has 1 saturated carbocycles. The van der Waals surface area contributed by atoms with Crippen LogP contribution in [0.25, 0.3) is 0 Å². The number of nitrogens with one attached hydrogen (secondary N) is 1. The minimum Gasteiger partial charge on any atom is -0.545 e. The van der Waals surface area contributed by atoms with E-state index in [1.165, 1.54) is 11.3 Å². The second-order valence-corrected chi connectivity index (χ2v) is 5.26. The average Bonchev–Trinajstić information content (AvgIpc) is 2.96. The molecular formula is C11H12NO3S-. The zero-order valence-electron chi connectivity index (χ0n) is 9.12. The van der Waals surface area contributed by atoms with Crippen molar-refractivity contribution >= 4 is 28.2 Å². The van der Waals surface area contributed by atoms with Crippen LogP contribution in [0.5, 0.6) is 0 Å². The second kappa shape index (κ2) is 3.90. The normalized spacial score (nSPS) is 14.9. The lowest BCUT2D eigenvalue weighted by Crippen LogP contribution is -2.25. The summed E-state index contributed by atoms with van der Waals surface area (Å²) in [5, 5.41) is 14.1. The van der Waals surface area contributed by atoms with E-state index in [0.29, 0.717) is 10.6 Å². The molecule has 1 amide bonds. The van der Waals surface area contributed by atoms with Crippen molar-refractivity contribution in [3.8, 4) is 0 Å². The van der Waals surface area contributed by atoms with Crippen LogP contribution in [-0.2, 0) is 4.79 Å². The van der Waals surface area contributed by atoms with Gasteiger partial charge in [-0.05, 0) is 32.3 Å².